The number of benzene rings is 1. The Morgan fingerprint density at radius 3 is 2.50 bits per heavy atom. The number of allylic oxidation sites excluding steroid dienone is 1. The molecule has 1 saturated carbocycles. The van der Waals surface area contributed by atoms with Gasteiger partial charge in [0.05, 0.1) is 16.8 Å². The summed E-state index contributed by atoms with van der Waals surface area (Å²) in [5.41, 5.74) is -0.182. The number of halogens is 3. The molecule has 0 aromatic heterocycles. The fraction of sp³-hybridized carbons (Fsp3) is 0.500. The zero-order valence-electron chi connectivity index (χ0n) is 15.0. The first-order chi connectivity index (χ1) is 13.2. The minimum absolute atomic E-state index is 0.157. The number of amides is 2. The number of nitrogens with one attached hydrogen (secondary N) is 2. The van der Waals surface area contributed by atoms with Crippen LogP contribution in [0.3, 0.4) is 0 Å². The van der Waals surface area contributed by atoms with E-state index in [9.17, 15) is 18.3 Å². The van der Waals surface area contributed by atoms with E-state index in [1.54, 1.807) is 6.08 Å². The van der Waals surface area contributed by atoms with Gasteiger partial charge in [-0.2, -0.15) is 0 Å². The number of hydrogen-bond donors (Lipinski definition) is 3. The molecule has 0 aliphatic heterocycles. The van der Waals surface area contributed by atoms with E-state index in [1.807, 2.05) is 0 Å². The number of anilines is 1. The van der Waals surface area contributed by atoms with Gasteiger partial charge in [-0.1, -0.05) is 35.7 Å². The van der Waals surface area contributed by atoms with Crippen molar-refractivity contribution in [1.29, 1.82) is 0 Å². The minimum Gasteiger partial charge on any atom is -0.504 e. The minimum atomic E-state index is -4.56. The molecule has 1 fully saturated rings. The van der Waals surface area contributed by atoms with E-state index in [-0.39, 0.29) is 29.6 Å². The molecule has 2 amide bonds. The van der Waals surface area contributed by atoms with Crippen LogP contribution in [0.15, 0.2) is 28.1 Å². The summed E-state index contributed by atoms with van der Waals surface area (Å²) in [6, 6.07) is 1.44. The van der Waals surface area contributed by atoms with Crippen molar-refractivity contribution < 1.29 is 22.7 Å². The lowest BCUT2D eigenvalue weighted by Crippen LogP contribution is -2.37. The van der Waals surface area contributed by atoms with Crippen molar-refractivity contribution in [1.82, 2.24) is 5.32 Å². The van der Waals surface area contributed by atoms with E-state index in [2.05, 4.69) is 10.6 Å². The Morgan fingerprint density at radius 2 is 1.89 bits per heavy atom. The molecule has 10 heteroatoms. The topological polar surface area (TPSA) is 95.5 Å². The highest BCUT2D eigenvalue weighted by Gasteiger charge is 2.48. The summed E-state index contributed by atoms with van der Waals surface area (Å²) in [6.45, 7) is 0. The maximum absolute atomic E-state index is 15.2. The van der Waals surface area contributed by atoms with Crippen molar-refractivity contribution in [2.45, 2.75) is 60.9 Å². The Hall–Kier alpha value is -1.51. The summed E-state index contributed by atoms with van der Waals surface area (Å²) < 4.78 is 41.1. The lowest BCUT2D eigenvalue weighted by molar-refractivity contribution is 0.196. The predicted molar refractivity (Wildman–Crippen MR) is 106 cm³/mol. The van der Waals surface area contributed by atoms with Gasteiger partial charge in [0.1, 0.15) is 4.90 Å². The van der Waals surface area contributed by atoms with E-state index in [1.165, 1.54) is 12.1 Å². The van der Waals surface area contributed by atoms with E-state index in [4.69, 9.17) is 23.2 Å². The van der Waals surface area contributed by atoms with Crippen LogP contribution in [0.25, 0.3) is 0 Å². The summed E-state index contributed by atoms with van der Waals surface area (Å²) in [5.74, 6) is -0.779. The van der Waals surface area contributed by atoms with Crippen LogP contribution in [0.2, 0.25) is 5.02 Å². The maximum atomic E-state index is 15.2. The summed E-state index contributed by atoms with van der Waals surface area (Å²) in [7, 11) is -4.56. The van der Waals surface area contributed by atoms with Crippen LogP contribution < -0.4 is 10.6 Å². The number of carbonyl (C=O) groups excluding carboxylic acids is 1. The summed E-state index contributed by atoms with van der Waals surface area (Å²) in [4.78, 5) is 11.5. The quantitative estimate of drug-likeness (QED) is 0.570. The molecule has 3 rings (SSSR count). The lowest BCUT2D eigenvalue weighted by Gasteiger charge is -2.29. The Kier molecular flexibility index (Phi) is 6.12. The van der Waals surface area contributed by atoms with Gasteiger partial charge in [0.25, 0.3) is 0 Å². The van der Waals surface area contributed by atoms with Crippen molar-refractivity contribution >= 4 is 44.8 Å². The van der Waals surface area contributed by atoms with Crippen LogP contribution in [0.5, 0.6) is 5.75 Å². The molecule has 0 radical (unpaired) electrons. The smallest absolute Gasteiger partial charge is 0.319 e. The van der Waals surface area contributed by atoms with E-state index in [0.29, 0.717) is 24.3 Å². The molecule has 0 spiro atoms. The summed E-state index contributed by atoms with van der Waals surface area (Å²) in [6.07, 6.45) is 4.47. The Bertz CT molecular complexity index is 914. The Labute approximate surface area is 173 Å². The molecular weight excluding hydrogens is 430 g/mol. The maximum Gasteiger partial charge on any atom is 0.319 e. The third kappa shape index (κ3) is 3.95. The molecule has 3 N–H and O–H groups in total. The second-order valence-corrected chi connectivity index (χ2v) is 10.0. The lowest BCUT2D eigenvalue weighted by atomic mass is 9.98. The zero-order chi connectivity index (χ0) is 20.5. The van der Waals surface area contributed by atoms with Gasteiger partial charge in [-0.3, -0.25) is 0 Å². The molecule has 1 aromatic carbocycles. The Morgan fingerprint density at radius 1 is 1.21 bits per heavy atom. The average molecular weight is 451 g/mol. The summed E-state index contributed by atoms with van der Waals surface area (Å²) >= 11 is 12.0. The second-order valence-electron chi connectivity index (χ2n) is 7.04. The van der Waals surface area contributed by atoms with Crippen LogP contribution in [-0.2, 0) is 9.84 Å². The van der Waals surface area contributed by atoms with Gasteiger partial charge >= 0.3 is 6.03 Å². The van der Waals surface area contributed by atoms with E-state index < -0.39 is 31.5 Å². The number of phenols is 1. The molecule has 0 heterocycles. The first kappa shape index (κ1) is 21.2. The predicted octanol–water partition coefficient (Wildman–Crippen LogP) is 4.86. The number of alkyl halides is 1. The molecule has 154 valence electrons. The van der Waals surface area contributed by atoms with Crippen LogP contribution in [-0.4, -0.2) is 30.6 Å². The van der Waals surface area contributed by atoms with Crippen molar-refractivity contribution in [3.8, 4) is 5.75 Å². The van der Waals surface area contributed by atoms with Crippen molar-refractivity contribution in [2.24, 2.45) is 0 Å². The van der Waals surface area contributed by atoms with Gasteiger partial charge in [0.2, 0.25) is 14.8 Å². The van der Waals surface area contributed by atoms with E-state index >= 15 is 4.39 Å². The van der Waals surface area contributed by atoms with Gasteiger partial charge < -0.3 is 15.7 Å². The number of aromatic hydroxyl groups is 1. The van der Waals surface area contributed by atoms with Crippen LogP contribution >= 0.6 is 23.2 Å². The summed E-state index contributed by atoms with van der Waals surface area (Å²) in [5, 5.41) is 13.2. The van der Waals surface area contributed by atoms with Crippen LogP contribution in [0.1, 0.15) is 44.9 Å². The number of phenolic OH excluding ortho intramolecular Hbond substituents is 1. The SMILES string of the molecule is O=C(Nc1ccc(Cl)c(S(=O)(=O)C2(F)CCCCC2)c1O)N[C@@H]1CCC=C1Cl. The Balaban J connectivity index is 1.88. The molecule has 1 atom stereocenters. The molecule has 0 unspecified atom stereocenters. The van der Waals surface area contributed by atoms with Gasteiger partial charge in [-0.05, 0) is 50.7 Å². The third-order valence-corrected chi connectivity index (χ3v) is 8.28. The third-order valence-electron chi connectivity index (χ3n) is 5.12. The number of hydrogen-bond acceptors (Lipinski definition) is 4. The normalized spacial score (nSPS) is 21.8. The fourth-order valence-corrected chi connectivity index (χ4v) is 6.17. The molecule has 6 nitrogen and oxygen atoms in total. The van der Waals surface area contributed by atoms with Gasteiger partial charge in [-0.15, -0.1) is 0 Å². The highest BCUT2D eigenvalue weighted by Crippen LogP contribution is 2.46. The molecule has 1 aromatic rings. The first-order valence-electron chi connectivity index (χ1n) is 9.04. The van der Waals surface area contributed by atoms with Crippen molar-refractivity contribution in [2.75, 3.05) is 5.32 Å². The van der Waals surface area contributed by atoms with Gasteiger partial charge in [0.15, 0.2) is 5.75 Å². The van der Waals surface area contributed by atoms with E-state index in [0.717, 1.165) is 12.8 Å². The first-order valence-corrected chi connectivity index (χ1v) is 11.3. The van der Waals surface area contributed by atoms with Crippen LogP contribution in [0.4, 0.5) is 14.9 Å². The zero-order valence-corrected chi connectivity index (χ0v) is 17.3. The molecular formula is C18H21Cl2FN2O4S. The highest BCUT2D eigenvalue weighted by molar-refractivity contribution is 7.92. The largest absolute Gasteiger partial charge is 0.504 e. The van der Waals surface area contributed by atoms with Crippen molar-refractivity contribution in [3.63, 3.8) is 0 Å². The molecule has 0 bridgehead atoms. The molecule has 2 aliphatic carbocycles. The van der Waals surface area contributed by atoms with Crippen LogP contribution in [0, 0.1) is 0 Å². The van der Waals surface area contributed by atoms with Gasteiger partial charge in [0, 0.05) is 5.03 Å². The fourth-order valence-electron chi connectivity index (χ4n) is 3.56. The number of urea groups is 1. The molecule has 28 heavy (non-hydrogen) atoms. The highest BCUT2D eigenvalue weighted by atomic mass is 35.5. The van der Waals surface area contributed by atoms with Gasteiger partial charge in [-0.25, -0.2) is 17.6 Å². The monoisotopic (exact) mass is 450 g/mol. The average Bonchev–Trinajstić information content (AvgIpc) is 3.02. The second kappa shape index (κ2) is 8.08. The number of rotatable bonds is 4. The number of carbonyl (C=O) groups is 1. The standard InChI is InChI=1S/C18H21Cl2FN2O4S/c19-11-5-4-6-13(11)22-17(25)23-14-8-7-12(20)16(15(14)24)28(26,27)18(21)9-2-1-3-10-18/h5,7-8,13,24H,1-4,6,9-10H2,(H2,22,23,25)/t13-/m1/s1. The molecule has 2 aliphatic rings. The molecule has 0 saturated heterocycles. The van der Waals surface area contributed by atoms with Crippen molar-refractivity contribution in [3.05, 3.63) is 28.3 Å². The number of sulfone groups is 1.